The van der Waals surface area contributed by atoms with Crippen LogP contribution in [0.15, 0.2) is 35.9 Å². The quantitative estimate of drug-likeness (QED) is 0.696. The highest BCUT2D eigenvalue weighted by Crippen LogP contribution is 2.69. The van der Waals surface area contributed by atoms with Gasteiger partial charge < -0.3 is 19.6 Å². The summed E-state index contributed by atoms with van der Waals surface area (Å²) in [5.41, 5.74) is 1.04. The lowest BCUT2D eigenvalue weighted by Crippen LogP contribution is -2.74. The summed E-state index contributed by atoms with van der Waals surface area (Å²) in [6.45, 7) is 0.963. The number of rotatable bonds is 0. The van der Waals surface area contributed by atoms with Crippen LogP contribution in [0.4, 0.5) is 5.69 Å². The van der Waals surface area contributed by atoms with Gasteiger partial charge >= 0.3 is 0 Å². The second kappa shape index (κ2) is 4.28. The minimum Gasteiger partial charge on any atom is -0.373 e. The second-order valence-corrected chi connectivity index (χ2v) is 8.91. The molecule has 1 aromatic rings. The maximum Gasteiger partial charge on any atom is 0.229 e. The van der Waals surface area contributed by atoms with Gasteiger partial charge in [-0.2, -0.15) is 0 Å². The van der Waals surface area contributed by atoms with Crippen LogP contribution in [0.2, 0.25) is 0 Å². The zero-order valence-electron chi connectivity index (χ0n) is 14.8. The van der Waals surface area contributed by atoms with E-state index in [1.165, 1.54) is 5.57 Å². The van der Waals surface area contributed by atoms with Crippen molar-refractivity contribution in [2.24, 2.45) is 11.8 Å². The van der Waals surface area contributed by atoms with Crippen molar-refractivity contribution in [3.05, 3.63) is 41.5 Å². The van der Waals surface area contributed by atoms with Gasteiger partial charge in [-0.05, 0) is 23.1 Å². The molecular weight excluding hydrogens is 344 g/mol. The van der Waals surface area contributed by atoms with Crippen LogP contribution < -0.4 is 4.90 Å². The molecule has 6 nitrogen and oxygen atoms in total. The van der Waals surface area contributed by atoms with Crippen molar-refractivity contribution < 1.29 is 19.4 Å². The van der Waals surface area contributed by atoms with E-state index in [0.29, 0.717) is 26.0 Å². The third-order valence-corrected chi connectivity index (χ3v) is 8.20. The molecule has 0 aromatic heterocycles. The third-order valence-electron chi connectivity index (χ3n) is 8.20. The fraction of sp³-hybridized carbons (Fsp3) is 0.524. The molecule has 1 N–H and O–H groups in total. The Morgan fingerprint density at radius 1 is 1.19 bits per heavy atom. The zero-order chi connectivity index (χ0) is 18.1. The van der Waals surface area contributed by atoms with Gasteiger partial charge in [0, 0.05) is 31.0 Å². The first kappa shape index (κ1) is 14.8. The summed E-state index contributed by atoms with van der Waals surface area (Å²) in [5.74, 6) is 0.323. The average molecular weight is 364 g/mol. The number of carbonyl (C=O) groups is 2. The number of ether oxygens (including phenoxy) is 1. The van der Waals surface area contributed by atoms with E-state index in [2.05, 4.69) is 6.08 Å². The SMILES string of the molecule is O=C1CC2OCC=C3CN4C(=O)CC56c7ccccc7N1C5C2C3CC46O. The van der Waals surface area contributed by atoms with Crippen LogP contribution in [-0.2, 0) is 19.7 Å². The summed E-state index contributed by atoms with van der Waals surface area (Å²) >= 11 is 0. The van der Waals surface area contributed by atoms with Crippen molar-refractivity contribution in [2.75, 3.05) is 18.1 Å². The molecule has 27 heavy (non-hydrogen) atoms. The number of anilines is 1. The fourth-order valence-corrected chi connectivity index (χ4v) is 7.34. The molecule has 6 heteroatoms. The van der Waals surface area contributed by atoms with E-state index in [0.717, 1.165) is 11.3 Å². The summed E-state index contributed by atoms with van der Waals surface area (Å²) < 4.78 is 6.14. The summed E-state index contributed by atoms with van der Waals surface area (Å²) in [5, 5.41) is 12.0. The van der Waals surface area contributed by atoms with Gasteiger partial charge in [0.15, 0.2) is 5.72 Å². The van der Waals surface area contributed by atoms with E-state index in [1.807, 2.05) is 29.2 Å². The van der Waals surface area contributed by atoms with Gasteiger partial charge in [0.05, 0.1) is 30.6 Å². The predicted octanol–water partition coefficient (Wildman–Crippen LogP) is 0.939. The van der Waals surface area contributed by atoms with Crippen molar-refractivity contribution in [1.82, 2.24) is 4.90 Å². The van der Waals surface area contributed by atoms with Gasteiger partial charge in [-0.3, -0.25) is 9.59 Å². The molecule has 1 aliphatic carbocycles. The Bertz CT molecular complexity index is 973. The van der Waals surface area contributed by atoms with Gasteiger partial charge in [0.25, 0.3) is 0 Å². The molecule has 7 rings (SSSR count). The molecule has 3 saturated heterocycles. The highest BCUT2D eigenvalue weighted by atomic mass is 16.5. The Morgan fingerprint density at radius 2 is 2.04 bits per heavy atom. The first-order valence-electron chi connectivity index (χ1n) is 9.81. The van der Waals surface area contributed by atoms with E-state index in [4.69, 9.17) is 4.74 Å². The van der Waals surface area contributed by atoms with Gasteiger partial charge in [0.2, 0.25) is 11.8 Å². The molecule has 138 valence electrons. The number of carbonyl (C=O) groups excluding carboxylic acids is 2. The molecule has 6 unspecified atom stereocenters. The van der Waals surface area contributed by atoms with E-state index >= 15 is 0 Å². The predicted molar refractivity (Wildman–Crippen MR) is 94.7 cm³/mol. The largest absolute Gasteiger partial charge is 0.373 e. The van der Waals surface area contributed by atoms with Crippen LogP contribution in [0.1, 0.15) is 24.8 Å². The molecule has 2 bridgehead atoms. The lowest BCUT2D eigenvalue weighted by Gasteiger charge is -2.61. The number of fused-ring (bicyclic) bond motifs is 2. The van der Waals surface area contributed by atoms with Gasteiger partial charge in [-0.25, -0.2) is 0 Å². The smallest absolute Gasteiger partial charge is 0.229 e. The lowest BCUT2D eigenvalue weighted by molar-refractivity contribution is -0.199. The summed E-state index contributed by atoms with van der Waals surface area (Å²) in [6, 6.07) is 7.64. The van der Waals surface area contributed by atoms with Gasteiger partial charge in [-0.15, -0.1) is 0 Å². The Hall–Kier alpha value is -2.18. The molecule has 1 spiro atoms. The number of hydrogen-bond donors (Lipinski definition) is 1. The van der Waals surface area contributed by atoms with Crippen LogP contribution in [0.3, 0.4) is 0 Å². The van der Waals surface area contributed by atoms with E-state index in [1.54, 1.807) is 4.90 Å². The lowest BCUT2D eigenvalue weighted by atomic mass is 9.52. The number of benzene rings is 1. The van der Waals surface area contributed by atoms with Crippen molar-refractivity contribution in [3.8, 4) is 0 Å². The Morgan fingerprint density at radius 3 is 2.93 bits per heavy atom. The first-order valence-corrected chi connectivity index (χ1v) is 9.81. The van der Waals surface area contributed by atoms with Crippen LogP contribution in [0, 0.1) is 11.8 Å². The second-order valence-electron chi connectivity index (χ2n) is 8.91. The monoisotopic (exact) mass is 364 g/mol. The van der Waals surface area contributed by atoms with Gasteiger partial charge in [0.1, 0.15) is 0 Å². The number of amides is 2. The van der Waals surface area contributed by atoms with Gasteiger partial charge in [-0.1, -0.05) is 24.3 Å². The third kappa shape index (κ3) is 1.35. The summed E-state index contributed by atoms with van der Waals surface area (Å²) in [4.78, 5) is 29.9. The van der Waals surface area contributed by atoms with Crippen LogP contribution in [-0.4, -0.2) is 52.8 Å². The normalized spacial score (nSPS) is 45.6. The molecule has 6 atom stereocenters. The van der Waals surface area contributed by atoms with E-state index < -0.39 is 11.1 Å². The molecule has 1 saturated carbocycles. The number of hydrogen-bond acceptors (Lipinski definition) is 4. The van der Waals surface area contributed by atoms with Crippen LogP contribution in [0.25, 0.3) is 0 Å². The summed E-state index contributed by atoms with van der Waals surface area (Å²) in [6.07, 6.45) is 3.12. The Balaban J connectivity index is 1.60. The minimum absolute atomic E-state index is 0.00443. The summed E-state index contributed by atoms with van der Waals surface area (Å²) in [7, 11) is 0. The van der Waals surface area contributed by atoms with Crippen LogP contribution >= 0.6 is 0 Å². The Kier molecular flexibility index (Phi) is 2.35. The first-order chi connectivity index (χ1) is 13.1. The molecule has 1 aromatic carbocycles. The number of aliphatic hydroxyl groups is 1. The fourth-order valence-electron chi connectivity index (χ4n) is 7.34. The molecular formula is C21H20N2O4. The molecule has 2 amide bonds. The molecule has 5 aliphatic heterocycles. The van der Waals surface area contributed by atoms with Crippen LogP contribution in [0.5, 0.6) is 0 Å². The Labute approximate surface area is 156 Å². The molecule has 5 heterocycles. The topological polar surface area (TPSA) is 70.1 Å². The maximum absolute atomic E-state index is 13.2. The van der Waals surface area contributed by atoms with E-state index in [-0.39, 0.29) is 42.2 Å². The zero-order valence-corrected chi connectivity index (χ0v) is 14.8. The van der Waals surface area contributed by atoms with Crippen molar-refractivity contribution >= 4 is 17.5 Å². The van der Waals surface area contributed by atoms with E-state index in [9.17, 15) is 14.7 Å². The number of para-hydroxylation sites is 1. The average Bonchev–Trinajstić information content (AvgIpc) is 3.00. The number of piperidine rings is 2. The van der Waals surface area contributed by atoms with Crippen molar-refractivity contribution in [3.63, 3.8) is 0 Å². The van der Waals surface area contributed by atoms with Crippen molar-refractivity contribution in [1.29, 1.82) is 0 Å². The minimum atomic E-state index is -1.23. The molecule has 4 fully saturated rings. The molecule has 6 aliphatic rings. The molecule has 0 radical (unpaired) electrons. The van der Waals surface area contributed by atoms with Crippen molar-refractivity contribution in [2.45, 2.75) is 42.5 Å². The maximum atomic E-state index is 13.2. The standard InChI is InChI=1S/C21H20N2O4/c24-16-7-15-18-12-8-21(26)20(9-17(25)22(21)10-11(12)5-6-27-15)13-3-1-2-4-14(13)23(16)19(18)20/h1-5,12,15,18-19,26H,6-10H2. The number of nitrogens with zero attached hydrogens (tertiary/aromatic N) is 2. The highest BCUT2D eigenvalue weighted by Gasteiger charge is 2.78. The highest BCUT2D eigenvalue weighted by molar-refractivity contribution is 6.01.